The van der Waals surface area contributed by atoms with Gasteiger partial charge in [-0.3, -0.25) is 4.79 Å². The topological polar surface area (TPSA) is 26.3 Å². The van der Waals surface area contributed by atoms with Gasteiger partial charge in [0, 0.05) is 5.56 Å². The molecule has 78 valence electrons. The predicted molar refractivity (Wildman–Crippen MR) is 50.9 cm³/mol. The molecule has 0 fully saturated rings. The molecule has 0 heterocycles. The van der Waals surface area contributed by atoms with Crippen LogP contribution in [0.4, 0.5) is 8.78 Å². The van der Waals surface area contributed by atoms with E-state index in [9.17, 15) is 13.6 Å². The highest BCUT2D eigenvalue weighted by atomic mass is 19.3. The molecule has 1 aromatic carbocycles. The first-order valence-corrected chi connectivity index (χ1v) is 4.34. The van der Waals surface area contributed by atoms with Crippen molar-refractivity contribution in [1.82, 2.24) is 0 Å². The highest BCUT2D eigenvalue weighted by Gasteiger charge is 2.42. The van der Waals surface area contributed by atoms with Gasteiger partial charge in [-0.1, -0.05) is 6.08 Å². The van der Waals surface area contributed by atoms with Crippen LogP contribution in [0.25, 0.3) is 6.08 Å². The molecule has 0 spiro atoms. The Bertz CT molecular complexity index is 450. The number of ether oxygens (including phenoxy) is 1. The van der Waals surface area contributed by atoms with Crippen LogP contribution >= 0.6 is 0 Å². The second kappa shape index (κ2) is 3.15. The Morgan fingerprint density at radius 1 is 1.27 bits per heavy atom. The van der Waals surface area contributed by atoms with Crippen molar-refractivity contribution in [1.29, 1.82) is 0 Å². The van der Waals surface area contributed by atoms with Crippen molar-refractivity contribution in [3.63, 3.8) is 0 Å². The van der Waals surface area contributed by atoms with Gasteiger partial charge in [0.2, 0.25) is 5.78 Å². The van der Waals surface area contributed by atoms with Gasteiger partial charge in [-0.05, 0) is 29.8 Å². The van der Waals surface area contributed by atoms with E-state index < -0.39 is 11.7 Å². The van der Waals surface area contributed by atoms with Crippen molar-refractivity contribution in [2.45, 2.75) is 5.92 Å². The molecule has 1 aliphatic carbocycles. The van der Waals surface area contributed by atoms with Gasteiger partial charge in [0.1, 0.15) is 5.75 Å². The van der Waals surface area contributed by atoms with Crippen LogP contribution in [0.1, 0.15) is 11.1 Å². The van der Waals surface area contributed by atoms with Crippen LogP contribution in [-0.4, -0.2) is 12.9 Å². The lowest BCUT2D eigenvalue weighted by Crippen LogP contribution is -2.27. The summed E-state index contributed by atoms with van der Waals surface area (Å²) in [6, 6.07) is 4.11. The Morgan fingerprint density at radius 3 is 2.67 bits per heavy atom. The monoisotopic (exact) mass is 210 g/mol. The largest absolute Gasteiger partial charge is 0.497 e. The van der Waals surface area contributed by atoms with Crippen molar-refractivity contribution in [3.05, 3.63) is 35.4 Å². The normalized spacial score (nSPS) is 17.4. The van der Waals surface area contributed by atoms with Crippen LogP contribution in [0.2, 0.25) is 0 Å². The Balaban J connectivity index is 2.60. The Kier molecular flexibility index (Phi) is 2.07. The van der Waals surface area contributed by atoms with Crippen molar-refractivity contribution < 1.29 is 18.3 Å². The number of rotatable bonds is 1. The van der Waals surface area contributed by atoms with Crippen molar-refractivity contribution in [2.24, 2.45) is 0 Å². The molecule has 1 aromatic rings. The average molecular weight is 210 g/mol. The van der Waals surface area contributed by atoms with E-state index in [1.807, 2.05) is 0 Å². The predicted octanol–water partition coefficient (Wildman–Crippen LogP) is 2.38. The molecular weight excluding hydrogens is 202 g/mol. The summed E-state index contributed by atoms with van der Waals surface area (Å²) >= 11 is 0. The van der Waals surface area contributed by atoms with E-state index in [1.54, 1.807) is 0 Å². The van der Waals surface area contributed by atoms with Gasteiger partial charge in [0.05, 0.1) is 7.11 Å². The van der Waals surface area contributed by atoms with E-state index in [0.717, 1.165) is 6.08 Å². The minimum atomic E-state index is -3.42. The van der Waals surface area contributed by atoms with Crippen molar-refractivity contribution in [2.75, 3.05) is 7.11 Å². The molecule has 0 amide bonds. The van der Waals surface area contributed by atoms with E-state index in [1.165, 1.54) is 31.4 Å². The first-order valence-electron chi connectivity index (χ1n) is 4.34. The van der Waals surface area contributed by atoms with E-state index in [2.05, 4.69) is 0 Å². The summed E-state index contributed by atoms with van der Waals surface area (Å²) < 4.78 is 31.7. The highest BCUT2D eigenvalue weighted by Crippen LogP contribution is 2.37. The van der Waals surface area contributed by atoms with Crippen molar-refractivity contribution >= 4 is 11.9 Å². The van der Waals surface area contributed by atoms with Gasteiger partial charge in [-0.2, -0.15) is 8.78 Å². The number of halogens is 2. The van der Waals surface area contributed by atoms with Crippen LogP contribution in [0.15, 0.2) is 24.3 Å². The Hall–Kier alpha value is -1.71. The minimum Gasteiger partial charge on any atom is -0.497 e. The van der Waals surface area contributed by atoms with Gasteiger partial charge in [0.15, 0.2) is 0 Å². The van der Waals surface area contributed by atoms with Gasteiger partial charge in [0.25, 0.3) is 0 Å². The Morgan fingerprint density at radius 2 is 2.00 bits per heavy atom. The number of allylic oxidation sites excluding steroid dienone is 1. The third-order valence-electron chi connectivity index (χ3n) is 2.32. The molecule has 0 bridgehead atoms. The maximum Gasteiger partial charge on any atom is 0.334 e. The molecular formula is C11H8F2O2. The van der Waals surface area contributed by atoms with E-state index in [-0.39, 0.29) is 5.56 Å². The summed E-state index contributed by atoms with van der Waals surface area (Å²) in [6.45, 7) is 0. The zero-order chi connectivity index (χ0) is 11.1. The fourth-order valence-electron chi connectivity index (χ4n) is 1.49. The second-order valence-corrected chi connectivity index (χ2v) is 3.23. The first kappa shape index (κ1) is 9.83. The molecule has 0 aliphatic heterocycles. The summed E-state index contributed by atoms with van der Waals surface area (Å²) in [4.78, 5) is 11.0. The van der Waals surface area contributed by atoms with Gasteiger partial charge < -0.3 is 4.74 Å². The summed E-state index contributed by atoms with van der Waals surface area (Å²) in [6.07, 6.45) is 2.26. The lowest BCUT2D eigenvalue weighted by molar-refractivity contribution is -0.139. The molecule has 0 saturated heterocycles. The second-order valence-electron chi connectivity index (χ2n) is 3.23. The number of benzene rings is 1. The SMILES string of the molecule is COc1ccc2c(c1)C=CC(=O)C2(F)F. The molecule has 0 unspecified atom stereocenters. The summed E-state index contributed by atoms with van der Waals surface area (Å²) in [7, 11) is 1.46. The number of hydrogen-bond donors (Lipinski definition) is 0. The zero-order valence-electron chi connectivity index (χ0n) is 7.96. The van der Waals surface area contributed by atoms with Gasteiger partial charge in [-0.25, -0.2) is 0 Å². The van der Waals surface area contributed by atoms with Crippen LogP contribution in [-0.2, 0) is 10.7 Å². The number of carbonyl (C=O) groups is 1. The number of carbonyl (C=O) groups excluding carboxylic acids is 1. The summed E-state index contributed by atoms with van der Waals surface area (Å²) in [5.41, 5.74) is 0.0507. The van der Waals surface area contributed by atoms with E-state index >= 15 is 0 Å². The zero-order valence-corrected chi connectivity index (χ0v) is 7.96. The summed E-state index contributed by atoms with van der Waals surface area (Å²) in [5.74, 6) is -4.11. The van der Waals surface area contributed by atoms with Crippen molar-refractivity contribution in [3.8, 4) is 5.75 Å². The van der Waals surface area contributed by atoms with Crippen LogP contribution < -0.4 is 4.74 Å². The molecule has 0 atom stereocenters. The highest BCUT2D eigenvalue weighted by molar-refractivity contribution is 6.02. The lowest BCUT2D eigenvalue weighted by atomic mass is 9.93. The number of fused-ring (bicyclic) bond motifs is 1. The number of hydrogen-bond acceptors (Lipinski definition) is 2. The molecule has 4 heteroatoms. The van der Waals surface area contributed by atoms with E-state index in [0.29, 0.717) is 11.3 Å². The van der Waals surface area contributed by atoms with Gasteiger partial charge in [-0.15, -0.1) is 0 Å². The van der Waals surface area contributed by atoms with Crippen LogP contribution in [0, 0.1) is 0 Å². The maximum atomic E-state index is 13.4. The van der Waals surface area contributed by atoms with Crippen LogP contribution in [0.5, 0.6) is 5.75 Å². The molecule has 0 radical (unpaired) electrons. The molecule has 2 nitrogen and oxygen atoms in total. The molecule has 0 N–H and O–H groups in total. The minimum absolute atomic E-state index is 0.268. The van der Waals surface area contributed by atoms with Crippen LogP contribution in [0.3, 0.4) is 0 Å². The maximum absolute atomic E-state index is 13.4. The molecule has 2 rings (SSSR count). The summed E-state index contributed by atoms with van der Waals surface area (Å²) in [5, 5.41) is 0. The third-order valence-corrected chi connectivity index (χ3v) is 2.32. The fourth-order valence-corrected chi connectivity index (χ4v) is 1.49. The average Bonchev–Trinajstić information content (AvgIpc) is 2.23. The Labute approximate surface area is 85.2 Å². The molecule has 1 aliphatic rings. The fraction of sp³-hybridized carbons (Fsp3) is 0.182. The molecule has 15 heavy (non-hydrogen) atoms. The number of methoxy groups -OCH3 is 1. The lowest BCUT2D eigenvalue weighted by Gasteiger charge is -2.20. The standard InChI is InChI=1S/C11H8F2O2/c1-15-8-3-4-9-7(6-8)2-5-10(14)11(9,12)13/h2-6H,1H3. The quantitative estimate of drug-likeness (QED) is 0.711. The molecule has 0 aromatic heterocycles. The van der Waals surface area contributed by atoms with Gasteiger partial charge >= 0.3 is 5.92 Å². The number of ketones is 1. The number of alkyl halides is 2. The third kappa shape index (κ3) is 1.42. The first-order chi connectivity index (χ1) is 7.05. The smallest absolute Gasteiger partial charge is 0.334 e. The molecule has 0 saturated carbocycles. The van der Waals surface area contributed by atoms with E-state index in [4.69, 9.17) is 4.74 Å².